The summed E-state index contributed by atoms with van der Waals surface area (Å²) in [6.45, 7) is 4.88. The van der Waals surface area contributed by atoms with E-state index < -0.39 is 10.0 Å². The maximum atomic E-state index is 12.9. The van der Waals surface area contributed by atoms with Crippen molar-refractivity contribution in [2.24, 2.45) is 0 Å². The molecule has 1 amide bonds. The predicted molar refractivity (Wildman–Crippen MR) is 111 cm³/mol. The molecule has 0 aliphatic rings. The fourth-order valence-corrected chi connectivity index (χ4v) is 4.90. The van der Waals surface area contributed by atoms with Gasteiger partial charge >= 0.3 is 0 Å². The first kappa shape index (κ1) is 22.4. The van der Waals surface area contributed by atoms with Gasteiger partial charge in [-0.25, -0.2) is 12.8 Å². The Labute approximate surface area is 170 Å². The van der Waals surface area contributed by atoms with E-state index >= 15 is 0 Å². The van der Waals surface area contributed by atoms with Crippen molar-refractivity contribution in [3.63, 3.8) is 0 Å². The number of amides is 1. The van der Waals surface area contributed by atoms with Crippen molar-refractivity contribution in [3.8, 4) is 0 Å². The van der Waals surface area contributed by atoms with E-state index in [0.717, 1.165) is 17.1 Å². The normalized spacial score (nSPS) is 11.6. The molecule has 2 rings (SSSR count). The molecule has 0 bridgehead atoms. The third kappa shape index (κ3) is 6.05. The van der Waals surface area contributed by atoms with Gasteiger partial charge in [0.15, 0.2) is 0 Å². The fourth-order valence-electron chi connectivity index (χ4n) is 2.59. The quantitative estimate of drug-likeness (QED) is 0.466. The maximum absolute atomic E-state index is 12.9. The Kier molecular flexibility index (Phi) is 8.47. The highest BCUT2D eigenvalue weighted by Gasteiger charge is 2.21. The molecule has 0 aliphatic heterocycles. The van der Waals surface area contributed by atoms with E-state index in [2.05, 4.69) is 5.32 Å². The number of rotatable bonds is 10. The zero-order chi connectivity index (χ0) is 20.6. The average molecular weight is 425 g/mol. The molecule has 0 saturated carbocycles. The molecular weight excluding hydrogens is 399 g/mol. The summed E-state index contributed by atoms with van der Waals surface area (Å²) in [6.07, 6.45) is 0.766. The summed E-state index contributed by atoms with van der Waals surface area (Å²) >= 11 is 1.60. The van der Waals surface area contributed by atoms with E-state index in [1.165, 1.54) is 40.7 Å². The highest BCUT2D eigenvalue weighted by atomic mass is 32.2. The Bertz CT molecular complexity index is 865. The summed E-state index contributed by atoms with van der Waals surface area (Å²) in [4.78, 5) is 13.4. The molecule has 8 heteroatoms. The molecule has 152 valence electrons. The predicted octanol–water partition coefficient (Wildman–Crippen LogP) is 3.77. The highest BCUT2D eigenvalue weighted by Crippen LogP contribution is 2.19. The van der Waals surface area contributed by atoms with Crippen molar-refractivity contribution < 1.29 is 17.6 Å². The molecule has 0 atom stereocenters. The zero-order valence-electron chi connectivity index (χ0n) is 16.0. The van der Waals surface area contributed by atoms with Gasteiger partial charge in [-0.15, -0.1) is 11.8 Å². The van der Waals surface area contributed by atoms with Crippen LogP contribution >= 0.6 is 11.8 Å². The number of sulfonamides is 1. The van der Waals surface area contributed by atoms with Crippen molar-refractivity contribution in [2.45, 2.75) is 30.1 Å². The number of hydrogen-bond acceptors (Lipinski definition) is 4. The number of thioether (sulfide) groups is 1. The summed E-state index contributed by atoms with van der Waals surface area (Å²) < 4.78 is 39.1. The molecule has 0 heterocycles. The molecule has 2 aromatic carbocycles. The second-order valence-electron chi connectivity index (χ2n) is 6.03. The highest BCUT2D eigenvalue weighted by molar-refractivity contribution is 7.99. The van der Waals surface area contributed by atoms with E-state index in [1.54, 1.807) is 37.7 Å². The number of hydrogen-bond donors (Lipinski definition) is 1. The minimum atomic E-state index is -3.52. The van der Waals surface area contributed by atoms with Crippen LogP contribution in [0.25, 0.3) is 0 Å². The van der Waals surface area contributed by atoms with Gasteiger partial charge in [0, 0.05) is 30.1 Å². The van der Waals surface area contributed by atoms with Gasteiger partial charge in [0.05, 0.1) is 4.90 Å². The van der Waals surface area contributed by atoms with Gasteiger partial charge in [0.2, 0.25) is 10.0 Å². The number of carbonyl (C=O) groups is 1. The van der Waals surface area contributed by atoms with Gasteiger partial charge in [-0.2, -0.15) is 4.31 Å². The molecule has 0 aliphatic carbocycles. The van der Waals surface area contributed by atoms with E-state index in [1.807, 2.05) is 0 Å². The van der Waals surface area contributed by atoms with E-state index in [4.69, 9.17) is 0 Å². The molecular formula is C20H25FN2O3S2. The molecule has 0 fully saturated rings. The van der Waals surface area contributed by atoms with Gasteiger partial charge < -0.3 is 5.32 Å². The van der Waals surface area contributed by atoms with Crippen LogP contribution < -0.4 is 5.32 Å². The third-order valence-electron chi connectivity index (χ3n) is 4.15. The Balaban J connectivity index is 1.82. The number of halogens is 1. The maximum Gasteiger partial charge on any atom is 0.251 e. The Morgan fingerprint density at radius 2 is 1.64 bits per heavy atom. The Morgan fingerprint density at radius 1 is 1.04 bits per heavy atom. The number of benzene rings is 2. The van der Waals surface area contributed by atoms with Crippen molar-refractivity contribution >= 4 is 27.7 Å². The Morgan fingerprint density at radius 3 is 2.21 bits per heavy atom. The smallest absolute Gasteiger partial charge is 0.251 e. The molecule has 2 aromatic rings. The summed E-state index contributed by atoms with van der Waals surface area (Å²) in [6, 6.07) is 12.3. The Hall–Kier alpha value is -1.90. The monoisotopic (exact) mass is 424 g/mol. The topological polar surface area (TPSA) is 66.5 Å². The zero-order valence-corrected chi connectivity index (χ0v) is 17.7. The average Bonchev–Trinajstić information content (AvgIpc) is 2.70. The molecule has 0 aromatic heterocycles. The van der Waals surface area contributed by atoms with Crippen LogP contribution in [-0.4, -0.2) is 44.0 Å². The number of nitrogens with one attached hydrogen (secondary N) is 1. The first-order valence-corrected chi connectivity index (χ1v) is 11.6. The van der Waals surface area contributed by atoms with Crippen LogP contribution in [0.1, 0.15) is 30.6 Å². The van der Waals surface area contributed by atoms with Crippen LogP contribution in [0.5, 0.6) is 0 Å². The van der Waals surface area contributed by atoms with Crippen molar-refractivity contribution in [1.29, 1.82) is 0 Å². The lowest BCUT2D eigenvalue weighted by atomic mass is 10.2. The van der Waals surface area contributed by atoms with Crippen LogP contribution in [0.2, 0.25) is 0 Å². The second kappa shape index (κ2) is 10.6. The van der Waals surface area contributed by atoms with Crippen LogP contribution in [0.4, 0.5) is 4.39 Å². The van der Waals surface area contributed by atoms with E-state index in [-0.39, 0.29) is 16.6 Å². The molecule has 0 unspecified atom stereocenters. The lowest BCUT2D eigenvalue weighted by Gasteiger charge is -2.18. The summed E-state index contributed by atoms with van der Waals surface area (Å²) in [5, 5.41) is 2.83. The van der Waals surface area contributed by atoms with Crippen LogP contribution in [0, 0.1) is 5.82 Å². The molecule has 1 N–H and O–H groups in total. The standard InChI is InChI=1S/C20H25FN2O3S2/c1-3-23(4-2)28(25,26)19-12-6-16(7-13-19)20(24)22-14-5-15-27-18-10-8-17(21)9-11-18/h6-13H,3-5,14-15H2,1-2H3,(H,22,24). The summed E-state index contributed by atoms with van der Waals surface area (Å²) in [7, 11) is -3.52. The lowest BCUT2D eigenvalue weighted by molar-refractivity contribution is 0.0953. The fraction of sp³-hybridized carbons (Fsp3) is 0.350. The third-order valence-corrected chi connectivity index (χ3v) is 7.31. The largest absolute Gasteiger partial charge is 0.352 e. The molecule has 0 spiro atoms. The van der Waals surface area contributed by atoms with Gasteiger partial charge in [-0.05, 0) is 60.7 Å². The first-order valence-electron chi connectivity index (χ1n) is 9.15. The number of nitrogens with zero attached hydrogens (tertiary/aromatic N) is 1. The molecule has 0 radical (unpaired) electrons. The van der Waals surface area contributed by atoms with Crippen molar-refractivity contribution in [3.05, 3.63) is 59.9 Å². The minimum Gasteiger partial charge on any atom is -0.352 e. The van der Waals surface area contributed by atoms with E-state index in [9.17, 15) is 17.6 Å². The summed E-state index contributed by atoms with van der Waals surface area (Å²) in [5.74, 6) is 0.304. The lowest BCUT2D eigenvalue weighted by Crippen LogP contribution is -2.30. The van der Waals surface area contributed by atoms with Crippen molar-refractivity contribution in [2.75, 3.05) is 25.4 Å². The molecule has 0 saturated heterocycles. The second-order valence-corrected chi connectivity index (χ2v) is 9.13. The van der Waals surface area contributed by atoms with E-state index in [0.29, 0.717) is 25.2 Å². The van der Waals surface area contributed by atoms with Gasteiger partial charge in [-0.3, -0.25) is 4.79 Å². The first-order chi connectivity index (χ1) is 13.4. The molecule has 28 heavy (non-hydrogen) atoms. The number of carbonyl (C=O) groups excluding carboxylic acids is 1. The van der Waals surface area contributed by atoms with Crippen LogP contribution in [0.15, 0.2) is 58.3 Å². The minimum absolute atomic E-state index is 0.184. The van der Waals surface area contributed by atoms with Gasteiger partial charge in [-0.1, -0.05) is 13.8 Å². The van der Waals surface area contributed by atoms with Crippen molar-refractivity contribution in [1.82, 2.24) is 9.62 Å². The molecule has 5 nitrogen and oxygen atoms in total. The summed E-state index contributed by atoms with van der Waals surface area (Å²) in [5.41, 5.74) is 0.421. The van der Waals surface area contributed by atoms with Gasteiger partial charge in [0.1, 0.15) is 5.82 Å². The van der Waals surface area contributed by atoms with Crippen LogP contribution in [-0.2, 0) is 10.0 Å². The SMILES string of the molecule is CCN(CC)S(=O)(=O)c1ccc(C(=O)NCCCSc2ccc(F)cc2)cc1. The van der Waals surface area contributed by atoms with Crippen LogP contribution in [0.3, 0.4) is 0 Å². The van der Waals surface area contributed by atoms with Gasteiger partial charge in [0.25, 0.3) is 5.91 Å².